The first-order valence-corrected chi connectivity index (χ1v) is 22.3. The van der Waals surface area contributed by atoms with Gasteiger partial charge in [0.05, 0.1) is 0 Å². The number of para-hydroxylation sites is 2. The standard InChI is InChI=1S/C54H34N2S3/c1-3-13-37(14-4-1)55(39-25-28-53-48(33-39)45-19-9-12-22-51(45)58-53)41-29-36(35-23-27-52-47(31-35)44-18-8-11-21-50(44)57-52)30-42(32-41)56(38-15-5-2-6-16-38)40-24-26-46-43-17-7-10-20-49(43)59-54(46)34-40/h1-34H. The molecule has 0 atom stereocenters. The van der Waals surface area contributed by atoms with Crippen molar-refractivity contribution in [1.29, 1.82) is 0 Å². The largest absolute Gasteiger partial charge is 0.310 e. The molecule has 0 aliphatic carbocycles. The van der Waals surface area contributed by atoms with Gasteiger partial charge in [-0.2, -0.15) is 0 Å². The van der Waals surface area contributed by atoms with E-state index in [1.807, 2.05) is 34.0 Å². The molecule has 278 valence electrons. The van der Waals surface area contributed by atoms with Gasteiger partial charge in [-0.15, -0.1) is 34.0 Å². The molecule has 12 rings (SSSR count). The molecule has 0 saturated heterocycles. The van der Waals surface area contributed by atoms with Crippen molar-refractivity contribution < 1.29 is 0 Å². The summed E-state index contributed by atoms with van der Waals surface area (Å²) >= 11 is 5.57. The molecule has 3 heterocycles. The third kappa shape index (κ3) is 5.89. The van der Waals surface area contributed by atoms with E-state index in [2.05, 4.69) is 216 Å². The van der Waals surface area contributed by atoms with Crippen molar-refractivity contribution in [3.63, 3.8) is 0 Å². The van der Waals surface area contributed by atoms with Gasteiger partial charge in [0.25, 0.3) is 0 Å². The zero-order valence-electron chi connectivity index (χ0n) is 31.7. The van der Waals surface area contributed by atoms with E-state index in [1.165, 1.54) is 66.1 Å². The first-order valence-electron chi connectivity index (χ1n) is 19.8. The molecular weight excluding hydrogens is 773 g/mol. The van der Waals surface area contributed by atoms with Gasteiger partial charge in [-0.3, -0.25) is 0 Å². The van der Waals surface area contributed by atoms with Gasteiger partial charge in [0.15, 0.2) is 0 Å². The van der Waals surface area contributed by atoms with Crippen LogP contribution in [-0.2, 0) is 0 Å². The Morgan fingerprint density at radius 3 is 1.24 bits per heavy atom. The van der Waals surface area contributed by atoms with Crippen LogP contribution in [-0.4, -0.2) is 0 Å². The number of nitrogens with zero attached hydrogens (tertiary/aromatic N) is 2. The molecule has 0 radical (unpaired) electrons. The van der Waals surface area contributed by atoms with Crippen LogP contribution in [0.3, 0.4) is 0 Å². The van der Waals surface area contributed by atoms with E-state index >= 15 is 0 Å². The number of benzene rings is 9. The van der Waals surface area contributed by atoms with E-state index in [4.69, 9.17) is 0 Å². The van der Waals surface area contributed by atoms with Crippen LogP contribution < -0.4 is 9.80 Å². The van der Waals surface area contributed by atoms with Gasteiger partial charge in [-0.05, 0) is 114 Å². The summed E-state index contributed by atoms with van der Waals surface area (Å²) in [7, 11) is 0. The van der Waals surface area contributed by atoms with E-state index in [0.717, 1.165) is 39.7 Å². The summed E-state index contributed by atoms with van der Waals surface area (Å²) in [6.07, 6.45) is 0. The summed E-state index contributed by atoms with van der Waals surface area (Å²) in [5.41, 5.74) is 8.96. The van der Waals surface area contributed by atoms with Crippen LogP contribution in [0.4, 0.5) is 34.1 Å². The molecule has 5 heteroatoms. The lowest BCUT2D eigenvalue weighted by molar-refractivity contribution is 1.25. The highest BCUT2D eigenvalue weighted by Crippen LogP contribution is 2.47. The van der Waals surface area contributed by atoms with Gasteiger partial charge < -0.3 is 9.80 Å². The summed E-state index contributed by atoms with van der Waals surface area (Å²) in [6.45, 7) is 0. The highest BCUT2D eigenvalue weighted by molar-refractivity contribution is 7.26. The molecule has 0 unspecified atom stereocenters. The van der Waals surface area contributed by atoms with Crippen LogP contribution in [0, 0.1) is 0 Å². The predicted molar refractivity (Wildman–Crippen MR) is 260 cm³/mol. The van der Waals surface area contributed by atoms with Gasteiger partial charge in [-0.1, -0.05) is 103 Å². The minimum absolute atomic E-state index is 1.08. The molecule has 3 aromatic heterocycles. The Labute approximate surface area is 353 Å². The number of fused-ring (bicyclic) bond motifs is 9. The molecule has 0 amide bonds. The Morgan fingerprint density at radius 2 is 0.644 bits per heavy atom. The van der Waals surface area contributed by atoms with Gasteiger partial charge in [0.1, 0.15) is 0 Å². The van der Waals surface area contributed by atoms with E-state index < -0.39 is 0 Å². The molecule has 0 bridgehead atoms. The minimum Gasteiger partial charge on any atom is -0.310 e. The number of anilines is 6. The van der Waals surface area contributed by atoms with E-state index in [0.29, 0.717) is 0 Å². The van der Waals surface area contributed by atoms with Crippen LogP contribution in [0.1, 0.15) is 0 Å². The van der Waals surface area contributed by atoms with E-state index in [9.17, 15) is 0 Å². The van der Waals surface area contributed by atoms with E-state index in [-0.39, 0.29) is 0 Å². The Bertz CT molecular complexity index is 3530. The molecule has 0 aliphatic heterocycles. The maximum absolute atomic E-state index is 2.43. The third-order valence-electron chi connectivity index (χ3n) is 11.4. The van der Waals surface area contributed by atoms with Crippen LogP contribution in [0.15, 0.2) is 206 Å². The Hall–Kier alpha value is -6.76. The van der Waals surface area contributed by atoms with Crippen molar-refractivity contribution in [2.45, 2.75) is 0 Å². The average Bonchev–Trinajstić information content (AvgIpc) is 3.98. The fraction of sp³-hybridized carbons (Fsp3) is 0. The molecular formula is C54H34N2S3. The Balaban J connectivity index is 1.12. The number of thiophene rings is 3. The molecule has 9 aromatic carbocycles. The lowest BCUT2D eigenvalue weighted by Crippen LogP contribution is -2.13. The summed E-state index contributed by atoms with van der Waals surface area (Å²) in [5, 5.41) is 7.76. The number of hydrogen-bond donors (Lipinski definition) is 0. The molecule has 0 aliphatic rings. The topological polar surface area (TPSA) is 6.48 Å². The van der Waals surface area contributed by atoms with Crippen molar-refractivity contribution in [2.75, 3.05) is 9.80 Å². The normalized spacial score (nSPS) is 11.7. The zero-order valence-corrected chi connectivity index (χ0v) is 34.2. The molecule has 12 aromatic rings. The second-order valence-electron chi connectivity index (χ2n) is 14.9. The van der Waals surface area contributed by atoms with E-state index in [1.54, 1.807) is 0 Å². The van der Waals surface area contributed by atoms with Crippen LogP contribution in [0.2, 0.25) is 0 Å². The third-order valence-corrected chi connectivity index (χ3v) is 14.8. The zero-order chi connectivity index (χ0) is 38.9. The number of hydrogen-bond acceptors (Lipinski definition) is 5. The Kier molecular flexibility index (Phi) is 8.12. The highest BCUT2D eigenvalue weighted by Gasteiger charge is 2.21. The molecule has 0 saturated carbocycles. The van der Waals surface area contributed by atoms with Crippen molar-refractivity contribution in [3.05, 3.63) is 206 Å². The van der Waals surface area contributed by atoms with Crippen molar-refractivity contribution in [1.82, 2.24) is 0 Å². The lowest BCUT2D eigenvalue weighted by atomic mass is 10.00. The first-order chi connectivity index (χ1) is 29.2. The van der Waals surface area contributed by atoms with Gasteiger partial charge >= 0.3 is 0 Å². The van der Waals surface area contributed by atoms with Crippen molar-refractivity contribution in [2.24, 2.45) is 0 Å². The minimum atomic E-state index is 1.08. The maximum atomic E-state index is 2.43. The smallest absolute Gasteiger partial charge is 0.0488 e. The lowest BCUT2D eigenvalue weighted by Gasteiger charge is -2.30. The maximum Gasteiger partial charge on any atom is 0.0488 e. The predicted octanol–water partition coefficient (Wildman–Crippen LogP) is 17.4. The van der Waals surface area contributed by atoms with Crippen LogP contribution in [0.5, 0.6) is 0 Å². The molecule has 2 nitrogen and oxygen atoms in total. The second kappa shape index (κ2) is 14.0. The second-order valence-corrected chi connectivity index (χ2v) is 18.2. The summed E-state index contributed by atoms with van der Waals surface area (Å²) in [4.78, 5) is 4.85. The fourth-order valence-electron chi connectivity index (χ4n) is 8.68. The number of rotatable bonds is 7. The SMILES string of the molecule is c1ccc(N(c2cc(-c3ccc4sc5ccccc5c4c3)cc(N(c3ccccc3)c3ccc4sc5ccccc5c4c3)c2)c2ccc3c(c2)sc2ccccc23)cc1. The molecule has 0 fully saturated rings. The fourth-order valence-corrected chi connectivity index (χ4v) is 12.0. The monoisotopic (exact) mass is 806 g/mol. The van der Waals surface area contributed by atoms with Crippen molar-refractivity contribution >= 4 is 129 Å². The van der Waals surface area contributed by atoms with Crippen LogP contribution in [0.25, 0.3) is 71.6 Å². The molecule has 0 spiro atoms. The summed E-state index contributed by atoms with van der Waals surface area (Å²) in [5.74, 6) is 0. The van der Waals surface area contributed by atoms with Gasteiger partial charge in [0.2, 0.25) is 0 Å². The first kappa shape index (κ1) is 34.3. The van der Waals surface area contributed by atoms with Crippen LogP contribution >= 0.6 is 34.0 Å². The summed E-state index contributed by atoms with van der Waals surface area (Å²) in [6, 6.07) is 75.9. The summed E-state index contributed by atoms with van der Waals surface area (Å²) < 4.78 is 7.79. The van der Waals surface area contributed by atoms with Gasteiger partial charge in [0, 0.05) is 94.6 Å². The highest BCUT2D eigenvalue weighted by atomic mass is 32.1. The quantitative estimate of drug-likeness (QED) is 0.158. The van der Waals surface area contributed by atoms with Crippen molar-refractivity contribution in [3.8, 4) is 11.1 Å². The average molecular weight is 807 g/mol. The molecule has 0 N–H and O–H groups in total. The molecule has 59 heavy (non-hydrogen) atoms. The van der Waals surface area contributed by atoms with Gasteiger partial charge in [-0.25, -0.2) is 0 Å². The Morgan fingerprint density at radius 1 is 0.220 bits per heavy atom.